The van der Waals surface area contributed by atoms with Crippen LogP contribution in [0.5, 0.6) is 0 Å². The summed E-state index contributed by atoms with van der Waals surface area (Å²) in [6.07, 6.45) is 1.66. The Morgan fingerprint density at radius 3 is 2.53 bits per heavy atom. The highest BCUT2D eigenvalue weighted by Gasteiger charge is 2.09. The Kier molecular flexibility index (Phi) is 5.40. The third-order valence-electron chi connectivity index (χ3n) is 1.54. The Bertz CT molecular complexity index is 434. The molecule has 2 amide bonds. The van der Waals surface area contributed by atoms with Crippen LogP contribution in [-0.2, 0) is 4.18 Å². The molecule has 8 heteroatoms. The third-order valence-corrected chi connectivity index (χ3v) is 2.48. The average Bonchev–Trinajstić information content (AvgIpc) is 2.23. The molecule has 0 bridgehead atoms. The number of nitrogens with one attached hydrogen (secondary N) is 1. The maximum atomic E-state index is 10.7. The summed E-state index contributed by atoms with van der Waals surface area (Å²) in [5.74, 6) is 0. The van der Waals surface area contributed by atoms with Gasteiger partial charge in [-0.15, -0.1) is 0 Å². The van der Waals surface area contributed by atoms with Crippen LogP contribution in [0, 0.1) is 0 Å². The van der Waals surface area contributed by atoms with E-state index in [9.17, 15) is 4.79 Å². The average molecular weight is 294 g/mol. The Hall–Kier alpha value is -1.11. The molecule has 92 valence electrons. The Labute approximate surface area is 113 Å². The number of amidine groups is 1. The van der Waals surface area contributed by atoms with Gasteiger partial charge in [-0.3, -0.25) is 5.32 Å². The standard InChI is InChI=1S/C9H9Cl2N3O2S/c1-17-16-9(14-8(12)15)13-7-5(10)3-2-4-6(7)11/h2-4H,1H3,(H3,12,13,14,15). The number of benzene rings is 1. The lowest BCUT2D eigenvalue weighted by Gasteiger charge is -2.07. The van der Waals surface area contributed by atoms with E-state index in [0.717, 1.165) is 12.0 Å². The first-order chi connectivity index (χ1) is 8.04. The van der Waals surface area contributed by atoms with Gasteiger partial charge < -0.3 is 9.92 Å². The van der Waals surface area contributed by atoms with Crippen molar-refractivity contribution in [3.05, 3.63) is 28.2 Å². The number of halogens is 2. The molecule has 0 spiro atoms. The summed E-state index contributed by atoms with van der Waals surface area (Å²) in [5.41, 5.74) is 5.27. The van der Waals surface area contributed by atoms with Crippen LogP contribution in [0.3, 0.4) is 0 Å². The summed E-state index contributed by atoms with van der Waals surface area (Å²) in [7, 11) is 0. The molecular formula is C9H9Cl2N3O2S. The number of para-hydroxylation sites is 1. The lowest BCUT2D eigenvalue weighted by Crippen LogP contribution is -2.35. The number of aliphatic imine (C=N–C) groups is 1. The number of urea groups is 1. The van der Waals surface area contributed by atoms with E-state index in [-0.39, 0.29) is 6.02 Å². The predicted octanol–water partition coefficient (Wildman–Crippen LogP) is 2.94. The van der Waals surface area contributed by atoms with E-state index in [1.807, 2.05) is 0 Å². The van der Waals surface area contributed by atoms with Crippen molar-refractivity contribution in [1.29, 1.82) is 0 Å². The predicted molar refractivity (Wildman–Crippen MR) is 70.9 cm³/mol. The van der Waals surface area contributed by atoms with Gasteiger partial charge in [-0.1, -0.05) is 29.3 Å². The van der Waals surface area contributed by atoms with Crippen molar-refractivity contribution in [2.75, 3.05) is 6.26 Å². The minimum atomic E-state index is -0.791. The van der Waals surface area contributed by atoms with Crippen molar-refractivity contribution in [3.8, 4) is 0 Å². The Morgan fingerprint density at radius 2 is 2.06 bits per heavy atom. The maximum absolute atomic E-state index is 10.7. The molecule has 0 heterocycles. The second kappa shape index (κ2) is 6.58. The molecule has 0 aliphatic carbocycles. The molecule has 0 fully saturated rings. The molecule has 17 heavy (non-hydrogen) atoms. The Morgan fingerprint density at radius 1 is 1.47 bits per heavy atom. The van der Waals surface area contributed by atoms with E-state index in [1.54, 1.807) is 24.5 Å². The summed E-state index contributed by atoms with van der Waals surface area (Å²) in [6, 6.07) is 4.04. The van der Waals surface area contributed by atoms with Crippen molar-refractivity contribution in [1.82, 2.24) is 5.32 Å². The number of nitrogens with zero attached hydrogens (tertiary/aromatic N) is 1. The molecule has 0 aliphatic heterocycles. The SMILES string of the molecule is CSOC(=Nc1c(Cl)cccc1Cl)NC(N)=O. The van der Waals surface area contributed by atoms with Gasteiger partial charge in [0.05, 0.1) is 22.1 Å². The van der Waals surface area contributed by atoms with Crippen LogP contribution in [0.2, 0.25) is 10.0 Å². The first-order valence-corrected chi connectivity index (χ1v) is 6.25. The monoisotopic (exact) mass is 293 g/mol. The zero-order valence-corrected chi connectivity index (χ0v) is 11.1. The van der Waals surface area contributed by atoms with Crippen LogP contribution in [0.25, 0.3) is 0 Å². The number of rotatable bonds is 2. The van der Waals surface area contributed by atoms with Crippen LogP contribution >= 0.6 is 35.2 Å². The van der Waals surface area contributed by atoms with Gasteiger partial charge in [0.25, 0.3) is 0 Å². The molecule has 0 saturated heterocycles. The van der Waals surface area contributed by atoms with Gasteiger partial charge in [-0.25, -0.2) is 4.79 Å². The van der Waals surface area contributed by atoms with Crippen molar-refractivity contribution in [2.24, 2.45) is 10.7 Å². The second-order valence-corrected chi connectivity index (χ2v) is 4.04. The van der Waals surface area contributed by atoms with Crippen LogP contribution in [0.4, 0.5) is 10.5 Å². The van der Waals surface area contributed by atoms with E-state index in [2.05, 4.69) is 10.3 Å². The molecule has 0 radical (unpaired) electrons. The van der Waals surface area contributed by atoms with Gasteiger partial charge in [0.1, 0.15) is 5.69 Å². The summed E-state index contributed by atoms with van der Waals surface area (Å²) in [4.78, 5) is 14.7. The molecule has 0 atom stereocenters. The first kappa shape index (κ1) is 14.0. The molecule has 3 N–H and O–H groups in total. The van der Waals surface area contributed by atoms with Crippen molar-refractivity contribution in [3.63, 3.8) is 0 Å². The van der Waals surface area contributed by atoms with Gasteiger partial charge in [0.2, 0.25) is 0 Å². The zero-order valence-electron chi connectivity index (χ0n) is 8.74. The van der Waals surface area contributed by atoms with Gasteiger partial charge in [0.15, 0.2) is 0 Å². The van der Waals surface area contributed by atoms with Crippen molar-refractivity contribution < 1.29 is 8.98 Å². The van der Waals surface area contributed by atoms with E-state index in [1.165, 1.54) is 0 Å². The van der Waals surface area contributed by atoms with E-state index < -0.39 is 6.03 Å². The summed E-state index contributed by atoms with van der Waals surface area (Å²) in [6.45, 7) is 0. The number of amides is 2. The number of nitrogens with two attached hydrogens (primary N) is 1. The minimum absolute atomic E-state index is 0.0833. The number of carbonyl (C=O) groups excluding carboxylic acids is 1. The topological polar surface area (TPSA) is 76.7 Å². The van der Waals surface area contributed by atoms with E-state index in [0.29, 0.717) is 15.7 Å². The summed E-state index contributed by atoms with van der Waals surface area (Å²) >= 11 is 12.8. The van der Waals surface area contributed by atoms with E-state index in [4.69, 9.17) is 33.1 Å². The zero-order chi connectivity index (χ0) is 12.8. The van der Waals surface area contributed by atoms with Gasteiger partial charge in [-0.05, 0) is 12.1 Å². The number of primary amides is 1. The fourth-order valence-corrected chi connectivity index (χ4v) is 1.67. The van der Waals surface area contributed by atoms with Gasteiger partial charge >= 0.3 is 12.1 Å². The molecule has 1 aromatic rings. The second-order valence-electron chi connectivity index (χ2n) is 2.73. The third kappa shape index (κ3) is 4.33. The normalized spacial score (nSPS) is 11.1. The summed E-state index contributed by atoms with van der Waals surface area (Å²) < 4.78 is 5.00. The first-order valence-electron chi connectivity index (χ1n) is 4.34. The lowest BCUT2D eigenvalue weighted by atomic mass is 10.3. The largest absolute Gasteiger partial charge is 0.391 e. The number of hydrogen-bond acceptors (Lipinski definition) is 4. The molecule has 0 aromatic heterocycles. The molecule has 0 saturated carbocycles. The van der Waals surface area contributed by atoms with Crippen LogP contribution in [0.1, 0.15) is 0 Å². The van der Waals surface area contributed by atoms with Gasteiger partial charge in [-0.2, -0.15) is 4.99 Å². The highest BCUT2D eigenvalue weighted by molar-refractivity contribution is 7.94. The highest BCUT2D eigenvalue weighted by Crippen LogP contribution is 2.32. The minimum Gasteiger partial charge on any atom is -0.391 e. The fourth-order valence-electron chi connectivity index (χ4n) is 0.949. The van der Waals surface area contributed by atoms with E-state index >= 15 is 0 Å². The van der Waals surface area contributed by atoms with Crippen molar-refractivity contribution >= 4 is 53.0 Å². The van der Waals surface area contributed by atoms with Gasteiger partial charge in [0, 0.05) is 6.26 Å². The molecule has 0 aliphatic rings. The smallest absolute Gasteiger partial charge is 0.320 e. The Balaban J connectivity index is 3.07. The van der Waals surface area contributed by atoms with Crippen LogP contribution in [0.15, 0.2) is 23.2 Å². The fraction of sp³-hybridized carbons (Fsp3) is 0.111. The molecule has 0 unspecified atom stereocenters. The van der Waals surface area contributed by atoms with Crippen LogP contribution in [-0.4, -0.2) is 18.3 Å². The molecule has 5 nitrogen and oxygen atoms in total. The maximum Gasteiger partial charge on any atom is 0.320 e. The summed E-state index contributed by atoms with van der Waals surface area (Å²) in [5, 5.41) is 2.89. The van der Waals surface area contributed by atoms with Crippen LogP contribution < -0.4 is 11.1 Å². The molecular weight excluding hydrogens is 285 g/mol. The highest BCUT2D eigenvalue weighted by atomic mass is 35.5. The quantitative estimate of drug-likeness (QED) is 0.500. The number of carbonyl (C=O) groups is 1. The molecule has 1 aromatic carbocycles. The lowest BCUT2D eigenvalue weighted by molar-refractivity contribution is 0.252. The molecule has 1 rings (SSSR count). The van der Waals surface area contributed by atoms with Crippen molar-refractivity contribution in [2.45, 2.75) is 0 Å². The number of hydrogen-bond donors (Lipinski definition) is 2.